The lowest BCUT2D eigenvalue weighted by atomic mass is 9.48. The Morgan fingerprint density at radius 2 is 1.88 bits per heavy atom. The van der Waals surface area contributed by atoms with Crippen LogP contribution in [0.5, 0.6) is 0 Å². The van der Waals surface area contributed by atoms with Crippen LogP contribution in [0.1, 0.15) is 65.2 Å². The largest absolute Gasteiger partial charge is 0.469 e. The maximum atomic E-state index is 12.6. The van der Waals surface area contributed by atoms with E-state index in [1.807, 2.05) is 0 Å². The molecule has 4 rings (SSSR count). The zero-order chi connectivity index (χ0) is 17.0. The summed E-state index contributed by atoms with van der Waals surface area (Å²) in [4.78, 5) is 12.6. The van der Waals surface area contributed by atoms with Crippen LogP contribution < -0.4 is 0 Å². The highest BCUT2D eigenvalue weighted by Crippen LogP contribution is 2.65. The minimum Gasteiger partial charge on any atom is -0.469 e. The number of fused-ring (bicyclic) bond motifs is 2. The fourth-order valence-electron chi connectivity index (χ4n) is 6.35. The predicted molar refractivity (Wildman–Crippen MR) is 103 cm³/mol. The zero-order valence-corrected chi connectivity index (χ0v) is 16.9. The number of hydrogen-bond acceptors (Lipinski definition) is 4. The van der Waals surface area contributed by atoms with Gasteiger partial charge in [-0.25, -0.2) is 0 Å². The first-order valence-electron chi connectivity index (χ1n) is 9.51. The van der Waals surface area contributed by atoms with Crippen LogP contribution in [-0.4, -0.2) is 28.7 Å². The Hall–Kier alpha value is -0.0900. The molecule has 0 amide bonds. The number of rotatable bonds is 1. The first-order chi connectivity index (χ1) is 11.4. The van der Waals surface area contributed by atoms with Gasteiger partial charge in [-0.05, 0) is 63.2 Å². The highest BCUT2D eigenvalue weighted by Gasteiger charge is 2.57. The molecule has 1 spiro atoms. The van der Waals surface area contributed by atoms with Crippen molar-refractivity contribution in [2.75, 3.05) is 18.6 Å². The summed E-state index contributed by atoms with van der Waals surface area (Å²) in [6.45, 7) is 4.65. The first kappa shape index (κ1) is 17.3. The molecule has 4 aliphatic rings. The van der Waals surface area contributed by atoms with Crippen LogP contribution in [0.25, 0.3) is 0 Å². The van der Waals surface area contributed by atoms with E-state index < -0.39 is 0 Å². The molecule has 4 heteroatoms. The molecule has 0 unspecified atom stereocenters. The summed E-state index contributed by atoms with van der Waals surface area (Å²) in [7, 11) is 1.56. The molecule has 2 fully saturated rings. The molecule has 0 bridgehead atoms. The smallest absolute Gasteiger partial charge is 0.311 e. The molecule has 1 heterocycles. The van der Waals surface area contributed by atoms with Crippen LogP contribution in [0.15, 0.2) is 11.1 Å². The molecule has 1 saturated heterocycles. The molecule has 0 aromatic heterocycles. The molecule has 0 radical (unpaired) electrons. The summed E-state index contributed by atoms with van der Waals surface area (Å²) >= 11 is 4.43. The molecule has 1 aliphatic heterocycles. The van der Waals surface area contributed by atoms with Crippen LogP contribution in [0.2, 0.25) is 0 Å². The van der Waals surface area contributed by atoms with Gasteiger partial charge in [0, 0.05) is 11.5 Å². The fourth-order valence-corrected chi connectivity index (χ4v) is 9.64. The Bertz CT molecular complexity index is 578. The SMILES string of the molecule is COC(=O)[C@]1(C)CCC[C@@]2(C)C3=C(CC[C@@H]12)CC1(CC3)SCCS1. The van der Waals surface area contributed by atoms with Gasteiger partial charge in [0.15, 0.2) is 0 Å². The summed E-state index contributed by atoms with van der Waals surface area (Å²) in [5.41, 5.74) is 3.44. The minimum absolute atomic E-state index is 0.0247. The number of ether oxygens (including phenoxy) is 1. The standard InChI is InChI=1S/C20H30O2S2/c1-18-8-4-9-19(2,17(21)22-3)16(18)6-5-14-13-20(10-7-15(14)18)23-11-12-24-20/h16H,4-13H2,1-3H3/t16-,18+,19-/m1/s1. The van der Waals surface area contributed by atoms with E-state index in [1.54, 1.807) is 18.3 Å². The van der Waals surface area contributed by atoms with Crippen molar-refractivity contribution < 1.29 is 9.53 Å². The van der Waals surface area contributed by atoms with Gasteiger partial charge in [0.1, 0.15) is 0 Å². The number of allylic oxidation sites excluding steroid dienone is 2. The fraction of sp³-hybridized carbons (Fsp3) is 0.850. The summed E-state index contributed by atoms with van der Waals surface area (Å²) < 4.78 is 5.73. The molecule has 2 nitrogen and oxygen atoms in total. The maximum absolute atomic E-state index is 12.6. The Kier molecular flexibility index (Phi) is 4.31. The normalized spacial score (nSPS) is 41.0. The summed E-state index contributed by atoms with van der Waals surface area (Å²) in [5, 5.41) is 0. The van der Waals surface area contributed by atoms with Crippen LogP contribution in [0.4, 0.5) is 0 Å². The lowest BCUT2D eigenvalue weighted by Gasteiger charge is -2.56. The van der Waals surface area contributed by atoms with Crippen molar-refractivity contribution in [1.82, 2.24) is 0 Å². The molecule has 1 saturated carbocycles. The summed E-state index contributed by atoms with van der Waals surface area (Å²) in [6, 6.07) is 0. The van der Waals surface area contributed by atoms with E-state index in [0.29, 0.717) is 10.00 Å². The second kappa shape index (κ2) is 5.97. The summed E-state index contributed by atoms with van der Waals surface area (Å²) in [6.07, 6.45) is 9.70. The van der Waals surface area contributed by atoms with Crippen molar-refractivity contribution in [1.29, 1.82) is 0 Å². The second-order valence-electron chi connectivity index (χ2n) is 8.64. The van der Waals surface area contributed by atoms with Gasteiger partial charge in [-0.15, -0.1) is 23.5 Å². The van der Waals surface area contributed by atoms with Crippen molar-refractivity contribution in [2.24, 2.45) is 16.7 Å². The number of hydrogen-bond donors (Lipinski definition) is 0. The molecule has 0 N–H and O–H groups in total. The van der Waals surface area contributed by atoms with Crippen molar-refractivity contribution in [2.45, 2.75) is 69.3 Å². The van der Waals surface area contributed by atoms with Gasteiger partial charge in [0.05, 0.1) is 16.6 Å². The van der Waals surface area contributed by atoms with Crippen molar-refractivity contribution in [3.8, 4) is 0 Å². The van der Waals surface area contributed by atoms with E-state index in [1.165, 1.54) is 50.0 Å². The third-order valence-electron chi connectivity index (χ3n) is 7.49. The van der Waals surface area contributed by atoms with Crippen molar-refractivity contribution >= 4 is 29.5 Å². The molecule has 0 aromatic rings. The number of methoxy groups -OCH3 is 1. The van der Waals surface area contributed by atoms with Crippen LogP contribution in [0.3, 0.4) is 0 Å². The predicted octanol–water partition coefficient (Wildman–Crippen LogP) is 5.42. The topological polar surface area (TPSA) is 26.3 Å². The molecule has 3 aliphatic carbocycles. The van der Waals surface area contributed by atoms with Crippen LogP contribution in [0, 0.1) is 16.7 Å². The van der Waals surface area contributed by atoms with E-state index in [2.05, 4.69) is 37.4 Å². The van der Waals surface area contributed by atoms with Gasteiger partial charge in [0.25, 0.3) is 0 Å². The van der Waals surface area contributed by atoms with Gasteiger partial charge >= 0.3 is 5.97 Å². The molecular weight excluding hydrogens is 336 g/mol. The van der Waals surface area contributed by atoms with Gasteiger partial charge in [-0.1, -0.05) is 24.5 Å². The van der Waals surface area contributed by atoms with E-state index in [-0.39, 0.29) is 16.8 Å². The van der Waals surface area contributed by atoms with Crippen LogP contribution >= 0.6 is 23.5 Å². The number of carbonyl (C=O) groups excluding carboxylic acids is 1. The van der Waals surface area contributed by atoms with E-state index in [4.69, 9.17) is 4.74 Å². The first-order valence-corrected chi connectivity index (χ1v) is 11.5. The Balaban J connectivity index is 1.68. The Morgan fingerprint density at radius 3 is 2.58 bits per heavy atom. The summed E-state index contributed by atoms with van der Waals surface area (Å²) in [5.74, 6) is 3.14. The molecule has 0 aromatic carbocycles. The average molecular weight is 367 g/mol. The lowest BCUT2D eigenvalue weighted by molar-refractivity contribution is -0.163. The number of esters is 1. The molecule has 134 valence electrons. The maximum Gasteiger partial charge on any atom is 0.311 e. The second-order valence-corrected chi connectivity index (χ2v) is 11.9. The van der Waals surface area contributed by atoms with Crippen molar-refractivity contribution in [3.05, 3.63) is 11.1 Å². The highest BCUT2D eigenvalue weighted by atomic mass is 32.2. The number of carbonyl (C=O) groups is 1. The van der Waals surface area contributed by atoms with E-state index in [0.717, 1.165) is 12.8 Å². The minimum atomic E-state index is -0.285. The highest BCUT2D eigenvalue weighted by molar-refractivity contribution is 8.21. The van der Waals surface area contributed by atoms with E-state index in [9.17, 15) is 4.79 Å². The Labute approximate surface area is 154 Å². The van der Waals surface area contributed by atoms with Gasteiger partial charge in [0.2, 0.25) is 0 Å². The monoisotopic (exact) mass is 366 g/mol. The van der Waals surface area contributed by atoms with Gasteiger partial charge < -0.3 is 4.74 Å². The van der Waals surface area contributed by atoms with Gasteiger partial charge in [-0.2, -0.15) is 0 Å². The van der Waals surface area contributed by atoms with Crippen LogP contribution in [-0.2, 0) is 9.53 Å². The van der Waals surface area contributed by atoms with Crippen molar-refractivity contribution in [3.63, 3.8) is 0 Å². The van der Waals surface area contributed by atoms with E-state index >= 15 is 0 Å². The molecular formula is C20H30O2S2. The molecule has 24 heavy (non-hydrogen) atoms. The zero-order valence-electron chi connectivity index (χ0n) is 15.3. The quantitative estimate of drug-likeness (QED) is 0.457. The lowest BCUT2D eigenvalue weighted by Crippen LogP contribution is -2.51. The Morgan fingerprint density at radius 1 is 1.12 bits per heavy atom. The average Bonchev–Trinajstić information content (AvgIpc) is 3.01. The third-order valence-corrected chi connectivity index (χ3v) is 11.0. The van der Waals surface area contributed by atoms with Gasteiger partial charge in [-0.3, -0.25) is 4.79 Å². The third kappa shape index (κ3) is 2.42. The number of thioether (sulfide) groups is 2. The molecule has 3 atom stereocenters.